The maximum atomic E-state index is 13.0. The van der Waals surface area contributed by atoms with Crippen LogP contribution < -0.4 is 0 Å². The Morgan fingerprint density at radius 3 is 2.63 bits per heavy atom. The molecule has 12 heteroatoms. The van der Waals surface area contributed by atoms with Crippen molar-refractivity contribution in [3.05, 3.63) is 46.4 Å². The van der Waals surface area contributed by atoms with E-state index in [1.54, 1.807) is 4.90 Å². The maximum absolute atomic E-state index is 13.0. The number of aromatic nitrogens is 4. The molecule has 1 N–H and O–H groups in total. The van der Waals surface area contributed by atoms with Gasteiger partial charge in [0.1, 0.15) is 5.69 Å². The van der Waals surface area contributed by atoms with Gasteiger partial charge in [-0.2, -0.15) is 13.2 Å². The first-order chi connectivity index (χ1) is 14.2. The SMILES string of the molecule is O=C(CSc1nnc2c(Cl)cc(C(F)(F)F)cn12)c1c[nH]c(C(=O)N2CCCC2)c1. The third-order valence-corrected chi connectivity index (χ3v) is 5.94. The Labute approximate surface area is 177 Å². The lowest BCUT2D eigenvalue weighted by Gasteiger charge is -2.13. The lowest BCUT2D eigenvalue weighted by Crippen LogP contribution is -2.27. The van der Waals surface area contributed by atoms with Crippen molar-refractivity contribution in [2.45, 2.75) is 24.2 Å². The summed E-state index contributed by atoms with van der Waals surface area (Å²) in [6.45, 7) is 1.39. The molecule has 4 heterocycles. The molecule has 0 aliphatic carbocycles. The lowest BCUT2D eigenvalue weighted by atomic mass is 10.2. The molecule has 1 saturated heterocycles. The molecule has 3 aromatic rings. The first kappa shape index (κ1) is 20.7. The summed E-state index contributed by atoms with van der Waals surface area (Å²) in [5.74, 6) is -0.548. The number of Topliss-reactive ketones (excluding diaryl/α,β-unsaturated/α-hetero) is 1. The highest BCUT2D eigenvalue weighted by molar-refractivity contribution is 7.99. The Morgan fingerprint density at radius 2 is 1.93 bits per heavy atom. The number of nitrogens with one attached hydrogen (secondary N) is 1. The topological polar surface area (TPSA) is 83.4 Å². The molecule has 1 aliphatic heterocycles. The molecule has 0 spiro atoms. The van der Waals surface area contributed by atoms with Crippen molar-refractivity contribution in [3.8, 4) is 0 Å². The third kappa shape index (κ3) is 4.04. The van der Waals surface area contributed by atoms with E-state index >= 15 is 0 Å². The Morgan fingerprint density at radius 1 is 1.20 bits per heavy atom. The molecule has 0 atom stereocenters. The van der Waals surface area contributed by atoms with Gasteiger partial charge in [-0.1, -0.05) is 23.4 Å². The number of hydrogen-bond acceptors (Lipinski definition) is 5. The zero-order valence-electron chi connectivity index (χ0n) is 15.4. The van der Waals surface area contributed by atoms with Gasteiger partial charge >= 0.3 is 6.18 Å². The minimum Gasteiger partial charge on any atom is -0.356 e. The number of nitrogens with zero attached hydrogens (tertiary/aromatic N) is 4. The summed E-state index contributed by atoms with van der Waals surface area (Å²) >= 11 is 6.82. The van der Waals surface area contributed by atoms with E-state index < -0.39 is 11.7 Å². The second-order valence-corrected chi connectivity index (χ2v) is 8.11. The minimum absolute atomic E-state index is 0.0692. The van der Waals surface area contributed by atoms with Crippen LogP contribution >= 0.6 is 23.4 Å². The Kier molecular flexibility index (Phi) is 5.49. The van der Waals surface area contributed by atoms with Gasteiger partial charge in [0.15, 0.2) is 16.6 Å². The average Bonchev–Trinajstić information content (AvgIpc) is 3.45. The van der Waals surface area contributed by atoms with Crippen molar-refractivity contribution in [1.29, 1.82) is 0 Å². The van der Waals surface area contributed by atoms with Crippen LogP contribution in [0.4, 0.5) is 13.2 Å². The van der Waals surface area contributed by atoms with Crippen molar-refractivity contribution in [2.75, 3.05) is 18.8 Å². The van der Waals surface area contributed by atoms with E-state index in [-0.39, 0.29) is 33.3 Å². The molecule has 0 saturated carbocycles. The molecule has 158 valence electrons. The number of halogens is 4. The second kappa shape index (κ2) is 7.95. The van der Waals surface area contributed by atoms with E-state index in [2.05, 4.69) is 15.2 Å². The molecule has 0 bridgehead atoms. The van der Waals surface area contributed by atoms with Crippen molar-refractivity contribution in [2.24, 2.45) is 0 Å². The number of rotatable bonds is 5. The third-order valence-electron chi connectivity index (χ3n) is 4.72. The van der Waals surface area contributed by atoms with Crippen LogP contribution in [0.15, 0.2) is 29.7 Å². The summed E-state index contributed by atoms with van der Waals surface area (Å²) in [7, 11) is 0. The van der Waals surface area contributed by atoms with Crippen molar-refractivity contribution >= 4 is 40.7 Å². The molecular weight excluding hydrogens is 443 g/mol. The largest absolute Gasteiger partial charge is 0.417 e. The fourth-order valence-corrected chi connectivity index (χ4v) is 4.22. The number of H-pyrrole nitrogens is 1. The molecule has 0 unspecified atom stereocenters. The molecule has 0 radical (unpaired) electrons. The van der Waals surface area contributed by atoms with E-state index in [0.29, 0.717) is 24.3 Å². The summed E-state index contributed by atoms with van der Waals surface area (Å²) in [4.78, 5) is 29.4. The summed E-state index contributed by atoms with van der Waals surface area (Å²) in [5.41, 5.74) is -0.226. The predicted molar refractivity (Wildman–Crippen MR) is 104 cm³/mol. The number of fused-ring (bicyclic) bond motifs is 1. The van der Waals surface area contributed by atoms with Crippen LogP contribution in [0.25, 0.3) is 5.65 Å². The van der Waals surface area contributed by atoms with E-state index in [9.17, 15) is 22.8 Å². The Hall–Kier alpha value is -2.53. The van der Waals surface area contributed by atoms with Crippen LogP contribution in [0.5, 0.6) is 0 Å². The van der Waals surface area contributed by atoms with Crippen LogP contribution in [0.1, 0.15) is 39.3 Å². The molecule has 4 rings (SSSR count). The first-order valence-corrected chi connectivity index (χ1v) is 10.4. The molecule has 30 heavy (non-hydrogen) atoms. The summed E-state index contributed by atoms with van der Waals surface area (Å²) in [6.07, 6.45) is -0.365. The van der Waals surface area contributed by atoms with E-state index in [0.717, 1.165) is 41.3 Å². The minimum atomic E-state index is -4.58. The number of amides is 1. The molecule has 3 aromatic heterocycles. The van der Waals surface area contributed by atoms with Crippen molar-refractivity contribution in [3.63, 3.8) is 0 Å². The average molecular weight is 458 g/mol. The summed E-state index contributed by atoms with van der Waals surface area (Å²) < 4.78 is 40.2. The monoisotopic (exact) mass is 457 g/mol. The molecule has 1 aliphatic rings. The molecule has 1 amide bonds. The van der Waals surface area contributed by atoms with Gasteiger partial charge in [-0.3, -0.25) is 14.0 Å². The first-order valence-electron chi connectivity index (χ1n) is 8.99. The number of carbonyl (C=O) groups excluding carboxylic acids is 2. The number of ketones is 1. The van der Waals surface area contributed by atoms with Crippen LogP contribution in [0.3, 0.4) is 0 Å². The highest BCUT2D eigenvalue weighted by Gasteiger charge is 2.32. The van der Waals surface area contributed by atoms with Gasteiger partial charge in [-0.15, -0.1) is 10.2 Å². The molecule has 1 fully saturated rings. The van der Waals surface area contributed by atoms with Gasteiger partial charge in [0.2, 0.25) is 0 Å². The molecular formula is C18H15ClF3N5O2S. The van der Waals surface area contributed by atoms with Crippen molar-refractivity contribution in [1.82, 2.24) is 24.5 Å². The van der Waals surface area contributed by atoms with Gasteiger partial charge in [0.25, 0.3) is 5.91 Å². The van der Waals surface area contributed by atoms with Gasteiger partial charge < -0.3 is 9.88 Å². The highest BCUT2D eigenvalue weighted by atomic mass is 35.5. The number of aromatic amines is 1. The van der Waals surface area contributed by atoms with Gasteiger partial charge in [-0.05, 0) is 25.0 Å². The maximum Gasteiger partial charge on any atom is 0.417 e. The van der Waals surface area contributed by atoms with Gasteiger partial charge in [0, 0.05) is 31.0 Å². The zero-order chi connectivity index (χ0) is 21.5. The van der Waals surface area contributed by atoms with Crippen LogP contribution in [-0.2, 0) is 6.18 Å². The Balaban J connectivity index is 1.48. The quantitative estimate of drug-likeness (QED) is 0.463. The molecule has 7 nitrogen and oxygen atoms in total. The normalized spacial score (nSPS) is 14.6. The fraction of sp³-hybridized carbons (Fsp3) is 0.333. The van der Waals surface area contributed by atoms with E-state index in [1.165, 1.54) is 12.3 Å². The summed E-state index contributed by atoms with van der Waals surface area (Å²) in [5, 5.41) is 7.54. The van der Waals surface area contributed by atoms with Gasteiger partial charge in [0.05, 0.1) is 16.3 Å². The smallest absolute Gasteiger partial charge is 0.356 e. The second-order valence-electron chi connectivity index (χ2n) is 6.76. The number of hydrogen-bond donors (Lipinski definition) is 1. The summed E-state index contributed by atoms with van der Waals surface area (Å²) in [6, 6.07) is 2.27. The standard InChI is InChI=1S/C18H15ClF3N5O2S/c19-12-6-11(18(20,21)22)8-27-15(12)24-25-17(27)30-9-14(28)10-5-13(23-7-10)16(29)26-3-1-2-4-26/h5-8,23H,1-4,9H2. The zero-order valence-corrected chi connectivity index (χ0v) is 16.9. The van der Waals surface area contributed by atoms with Crippen LogP contribution in [-0.4, -0.2) is 55.0 Å². The van der Waals surface area contributed by atoms with Crippen molar-refractivity contribution < 1.29 is 22.8 Å². The van der Waals surface area contributed by atoms with E-state index in [1.807, 2.05) is 0 Å². The number of likely N-dealkylation sites (tertiary alicyclic amines) is 1. The number of thioether (sulfide) groups is 1. The Bertz CT molecular complexity index is 1120. The number of alkyl halides is 3. The molecule has 0 aromatic carbocycles. The van der Waals surface area contributed by atoms with Crippen LogP contribution in [0, 0.1) is 0 Å². The van der Waals surface area contributed by atoms with E-state index in [4.69, 9.17) is 11.6 Å². The highest BCUT2D eigenvalue weighted by Crippen LogP contribution is 2.33. The lowest BCUT2D eigenvalue weighted by molar-refractivity contribution is -0.137. The number of carbonyl (C=O) groups is 2. The fourth-order valence-electron chi connectivity index (χ4n) is 3.17. The predicted octanol–water partition coefficient (Wildman–Crippen LogP) is 3.94. The number of pyridine rings is 1. The van der Waals surface area contributed by atoms with Crippen LogP contribution in [0.2, 0.25) is 5.02 Å². The van der Waals surface area contributed by atoms with Gasteiger partial charge in [-0.25, -0.2) is 0 Å².